The average molecular weight is 372 g/mol. The quantitative estimate of drug-likeness (QED) is 0.492. The second-order valence-corrected chi connectivity index (χ2v) is 9.81. The zero-order chi connectivity index (χ0) is 17.8. The van der Waals surface area contributed by atoms with Crippen LogP contribution in [-0.2, 0) is 18.9 Å². The third kappa shape index (κ3) is 3.90. The van der Waals surface area contributed by atoms with Crippen molar-refractivity contribution in [2.45, 2.75) is 4.90 Å². The Morgan fingerprint density at radius 1 is 0.680 bits per heavy atom. The lowest BCUT2D eigenvalue weighted by Crippen LogP contribution is -2.21. The predicted molar refractivity (Wildman–Crippen MR) is 99.3 cm³/mol. The van der Waals surface area contributed by atoms with Gasteiger partial charge in [-0.15, -0.1) is 0 Å². The summed E-state index contributed by atoms with van der Waals surface area (Å²) in [6, 6.07) is 25.5. The van der Waals surface area contributed by atoms with E-state index in [1.54, 1.807) is 66.7 Å². The summed E-state index contributed by atoms with van der Waals surface area (Å²) in [4.78, 5) is 0.0441. The van der Waals surface area contributed by atoms with Crippen molar-refractivity contribution in [1.29, 1.82) is 0 Å². The fourth-order valence-electron chi connectivity index (χ4n) is 2.43. The van der Waals surface area contributed by atoms with Crippen LogP contribution in [0.4, 0.5) is 0 Å². The Hall–Kier alpha value is -2.20. The van der Waals surface area contributed by atoms with E-state index in [0.29, 0.717) is 10.6 Å². The van der Waals surface area contributed by atoms with Gasteiger partial charge in [0.05, 0.1) is 4.90 Å². The standard InChI is InChI=1S/C19H17O4PS/c20-24(17-10-4-1-5-11-17,18-12-6-2-7-13-18)16-23-25(21,22)19-14-8-3-9-15-19/h1-15H,16H2. The van der Waals surface area contributed by atoms with E-state index < -0.39 is 23.6 Å². The van der Waals surface area contributed by atoms with Crippen molar-refractivity contribution >= 4 is 27.9 Å². The molecule has 0 bridgehead atoms. The van der Waals surface area contributed by atoms with Gasteiger partial charge in [-0.1, -0.05) is 78.9 Å². The normalized spacial score (nSPS) is 12.0. The molecule has 3 rings (SSSR count). The maximum absolute atomic E-state index is 13.7. The molecule has 3 aromatic carbocycles. The molecule has 0 fully saturated rings. The average Bonchev–Trinajstić information content (AvgIpc) is 2.68. The number of hydrogen-bond donors (Lipinski definition) is 0. The molecule has 0 heterocycles. The first kappa shape index (κ1) is 17.6. The molecule has 0 aliphatic carbocycles. The van der Waals surface area contributed by atoms with Gasteiger partial charge < -0.3 is 4.57 Å². The zero-order valence-corrected chi connectivity index (χ0v) is 15.1. The topological polar surface area (TPSA) is 60.4 Å². The molecule has 0 atom stereocenters. The highest BCUT2D eigenvalue weighted by Crippen LogP contribution is 2.43. The molecule has 3 aromatic rings. The molecule has 0 saturated heterocycles. The van der Waals surface area contributed by atoms with Crippen molar-refractivity contribution in [3.8, 4) is 0 Å². The Balaban J connectivity index is 1.96. The van der Waals surface area contributed by atoms with Crippen molar-refractivity contribution in [2.75, 3.05) is 6.35 Å². The minimum atomic E-state index is -3.98. The summed E-state index contributed by atoms with van der Waals surface area (Å²) in [5.41, 5.74) is 0. The molecule has 128 valence electrons. The predicted octanol–water partition coefficient (Wildman–Crippen LogP) is 3.36. The molecule has 0 radical (unpaired) electrons. The van der Waals surface area contributed by atoms with Gasteiger partial charge in [-0.3, -0.25) is 4.18 Å². The summed E-state index contributed by atoms with van der Waals surface area (Å²) in [6.45, 7) is 0. The van der Waals surface area contributed by atoms with E-state index in [0.717, 1.165) is 0 Å². The van der Waals surface area contributed by atoms with Crippen molar-refractivity contribution in [3.63, 3.8) is 0 Å². The van der Waals surface area contributed by atoms with Crippen LogP contribution in [0.3, 0.4) is 0 Å². The first-order valence-electron chi connectivity index (χ1n) is 7.67. The summed E-state index contributed by atoms with van der Waals surface area (Å²) < 4.78 is 43.7. The monoisotopic (exact) mass is 372 g/mol. The van der Waals surface area contributed by atoms with E-state index >= 15 is 0 Å². The van der Waals surface area contributed by atoms with Gasteiger partial charge in [0, 0.05) is 10.6 Å². The summed E-state index contributed by atoms with van der Waals surface area (Å²) in [6.07, 6.45) is -0.418. The molecular weight excluding hydrogens is 355 g/mol. The maximum Gasteiger partial charge on any atom is 0.297 e. The van der Waals surface area contributed by atoms with E-state index in [1.807, 2.05) is 12.1 Å². The Morgan fingerprint density at radius 2 is 1.08 bits per heavy atom. The van der Waals surface area contributed by atoms with Gasteiger partial charge in [-0.25, -0.2) is 0 Å². The Bertz CT molecular complexity index is 928. The molecule has 0 saturated carbocycles. The largest absolute Gasteiger partial charge is 0.311 e. The van der Waals surface area contributed by atoms with Crippen molar-refractivity contribution < 1.29 is 17.2 Å². The van der Waals surface area contributed by atoms with Crippen molar-refractivity contribution in [1.82, 2.24) is 0 Å². The minimum Gasteiger partial charge on any atom is -0.311 e. The number of hydrogen-bond acceptors (Lipinski definition) is 4. The molecule has 0 unspecified atom stereocenters. The molecule has 0 spiro atoms. The third-order valence-electron chi connectivity index (χ3n) is 3.77. The van der Waals surface area contributed by atoms with Gasteiger partial charge >= 0.3 is 0 Å². The SMILES string of the molecule is O=P(COS(=O)(=O)c1ccccc1)(c1ccccc1)c1ccccc1. The second-order valence-electron chi connectivity index (χ2n) is 5.42. The lowest BCUT2D eigenvalue weighted by molar-refractivity contribution is 0.371. The Labute approximate surface area is 147 Å². The summed E-state index contributed by atoms with van der Waals surface area (Å²) >= 11 is 0. The van der Waals surface area contributed by atoms with Gasteiger partial charge in [-0.2, -0.15) is 8.42 Å². The molecule has 25 heavy (non-hydrogen) atoms. The lowest BCUT2D eigenvalue weighted by atomic mass is 10.4. The molecule has 0 N–H and O–H groups in total. The first-order valence-corrected chi connectivity index (χ1v) is 11.0. The molecule has 4 nitrogen and oxygen atoms in total. The van der Waals surface area contributed by atoms with E-state index in [9.17, 15) is 13.0 Å². The van der Waals surface area contributed by atoms with E-state index in [2.05, 4.69) is 0 Å². The molecule has 0 aliphatic rings. The van der Waals surface area contributed by atoms with Crippen LogP contribution in [0.5, 0.6) is 0 Å². The lowest BCUT2D eigenvalue weighted by Gasteiger charge is -2.19. The molecule has 0 amide bonds. The number of benzene rings is 3. The van der Waals surface area contributed by atoms with E-state index in [-0.39, 0.29) is 4.90 Å². The van der Waals surface area contributed by atoms with Crippen LogP contribution in [0.25, 0.3) is 0 Å². The molecular formula is C19H17O4PS. The van der Waals surface area contributed by atoms with Crippen LogP contribution in [-0.4, -0.2) is 14.8 Å². The van der Waals surface area contributed by atoms with E-state index in [1.165, 1.54) is 12.1 Å². The van der Waals surface area contributed by atoms with E-state index in [4.69, 9.17) is 4.18 Å². The third-order valence-corrected chi connectivity index (χ3v) is 7.98. The fraction of sp³-hybridized carbons (Fsp3) is 0.0526. The maximum atomic E-state index is 13.7. The molecule has 0 aromatic heterocycles. The minimum absolute atomic E-state index is 0.0441. The summed E-state index contributed by atoms with van der Waals surface area (Å²) in [5, 5.41) is 1.12. The highest BCUT2D eigenvalue weighted by Gasteiger charge is 2.30. The van der Waals surface area contributed by atoms with Crippen molar-refractivity contribution in [3.05, 3.63) is 91.0 Å². The van der Waals surface area contributed by atoms with Gasteiger partial charge in [-0.05, 0) is 12.1 Å². The summed E-state index contributed by atoms with van der Waals surface area (Å²) in [7, 11) is -7.22. The van der Waals surface area contributed by atoms with Gasteiger partial charge in [0.2, 0.25) is 0 Å². The van der Waals surface area contributed by atoms with Crippen LogP contribution in [0.2, 0.25) is 0 Å². The first-order chi connectivity index (χ1) is 12.0. The Kier molecular flexibility index (Phi) is 5.19. The van der Waals surface area contributed by atoms with Crippen LogP contribution >= 0.6 is 7.14 Å². The fourth-order valence-corrected chi connectivity index (χ4v) is 6.11. The van der Waals surface area contributed by atoms with Gasteiger partial charge in [0.15, 0.2) is 7.14 Å². The van der Waals surface area contributed by atoms with Gasteiger partial charge in [0.1, 0.15) is 6.35 Å². The van der Waals surface area contributed by atoms with Gasteiger partial charge in [0.25, 0.3) is 10.1 Å². The molecule has 0 aliphatic heterocycles. The van der Waals surface area contributed by atoms with Crippen LogP contribution in [0.15, 0.2) is 95.9 Å². The highest BCUT2D eigenvalue weighted by atomic mass is 32.2. The smallest absolute Gasteiger partial charge is 0.297 e. The van der Waals surface area contributed by atoms with Crippen LogP contribution in [0, 0.1) is 0 Å². The zero-order valence-electron chi connectivity index (χ0n) is 13.4. The van der Waals surface area contributed by atoms with Crippen LogP contribution < -0.4 is 10.6 Å². The highest BCUT2D eigenvalue weighted by molar-refractivity contribution is 7.87. The summed E-state index contributed by atoms with van der Waals surface area (Å²) in [5.74, 6) is 0. The number of rotatable bonds is 6. The molecule has 6 heteroatoms. The Morgan fingerprint density at radius 3 is 1.52 bits per heavy atom. The second kappa shape index (κ2) is 7.36. The van der Waals surface area contributed by atoms with Crippen LogP contribution in [0.1, 0.15) is 0 Å². The van der Waals surface area contributed by atoms with Crippen molar-refractivity contribution in [2.24, 2.45) is 0 Å².